The molecule has 2 N–H and O–H groups in total. The molecule has 3 atom stereocenters. The summed E-state index contributed by atoms with van der Waals surface area (Å²) in [6.45, 7) is 5.23. The third-order valence-corrected chi connectivity index (χ3v) is 5.00. The van der Waals surface area contributed by atoms with Crippen molar-refractivity contribution in [2.45, 2.75) is 64.2 Å². The Labute approximate surface area is 148 Å². The van der Waals surface area contributed by atoms with Gasteiger partial charge in [-0.05, 0) is 49.7 Å². The van der Waals surface area contributed by atoms with Crippen molar-refractivity contribution in [2.24, 2.45) is 5.92 Å². The van der Waals surface area contributed by atoms with Crippen molar-refractivity contribution in [1.82, 2.24) is 10.3 Å². The molecule has 1 aromatic heterocycles. The summed E-state index contributed by atoms with van der Waals surface area (Å²) in [7, 11) is 0. The van der Waals surface area contributed by atoms with Gasteiger partial charge in [0, 0.05) is 18.4 Å². The lowest BCUT2D eigenvalue weighted by molar-refractivity contribution is -0.139. The standard InChI is InChI=1S/C19H28N2O4/c1-12(2)18(25-11-13-5-4-10-24-13)19(23)21-16-7-3-6-15-14(16)8-9-17(22)20-15/h8-9,12-13,16,18H,3-7,10-11H2,1-2H3,(H,20,22)(H,21,23)/t13-,16+,18+/m1/s1. The molecule has 2 aliphatic rings. The third kappa shape index (κ3) is 4.50. The van der Waals surface area contributed by atoms with E-state index >= 15 is 0 Å². The molecule has 25 heavy (non-hydrogen) atoms. The molecular weight excluding hydrogens is 320 g/mol. The number of carbonyl (C=O) groups excluding carboxylic acids is 1. The van der Waals surface area contributed by atoms with E-state index in [0.717, 1.165) is 50.0 Å². The summed E-state index contributed by atoms with van der Waals surface area (Å²) in [4.78, 5) is 27.2. The maximum Gasteiger partial charge on any atom is 0.249 e. The van der Waals surface area contributed by atoms with Crippen LogP contribution in [-0.4, -0.2) is 36.3 Å². The Kier molecular flexibility index (Phi) is 5.91. The monoisotopic (exact) mass is 348 g/mol. The molecule has 0 unspecified atom stereocenters. The van der Waals surface area contributed by atoms with Crippen molar-refractivity contribution in [3.05, 3.63) is 33.7 Å². The van der Waals surface area contributed by atoms with Crippen molar-refractivity contribution in [1.29, 1.82) is 0 Å². The molecule has 1 aromatic rings. The average molecular weight is 348 g/mol. The first kappa shape index (κ1) is 18.1. The highest BCUT2D eigenvalue weighted by Gasteiger charge is 2.29. The number of aryl methyl sites for hydroxylation is 1. The van der Waals surface area contributed by atoms with Gasteiger partial charge in [0.15, 0.2) is 0 Å². The summed E-state index contributed by atoms with van der Waals surface area (Å²) in [6, 6.07) is 3.29. The minimum absolute atomic E-state index is 0.0688. The second-order valence-corrected chi connectivity index (χ2v) is 7.34. The molecule has 0 saturated carbocycles. The van der Waals surface area contributed by atoms with Crippen LogP contribution in [-0.2, 0) is 20.7 Å². The van der Waals surface area contributed by atoms with Gasteiger partial charge in [0.1, 0.15) is 6.10 Å². The predicted octanol–water partition coefficient (Wildman–Crippen LogP) is 2.09. The summed E-state index contributed by atoms with van der Waals surface area (Å²) in [5.41, 5.74) is 1.86. The fraction of sp³-hybridized carbons (Fsp3) is 0.684. The number of amides is 1. The van der Waals surface area contributed by atoms with E-state index < -0.39 is 6.10 Å². The second-order valence-electron chi connectivity index (χ2n) is 7.34. The van der Waals surface area contributed by atoms with Gasteiger partial charge in [-0.25, -0.2) is 0 Å². The van der Waals surface area contributed by atoms with Crippen molar-refractivity contribution < 1.29 is 14.3 Å². The van der Waals surface area contributed by atoms with E-state index in [1.165, 1.54) is 6.07 Å². The Bertz CT molecular complexity index is 649. The second kappa shape index (κ2) is 8.15. The van der Waals surface area contributed by atoms with E-state index in [-0.39, 0.29) is 29.5 Å². The van der Waals surface area contributed by atoms with Crippen LogP contribution in [0.15, 0.2) is 16.9 Å². The summed E-state index contributed by atoms with van der Waals surface area (Å²) < 4.78 is 11.5. The maximum atomic E-state index is 12.8. The molecule has 0 aromatic carbocycles. The van der Waals surface area contributed by atoms with Crippen LogP contribution < -0.4 is 10.9 Å². The van der Waals surface area contributed by atoms with Crippen LogP contribution in [0.25, 0.3) is 0 Å². The molecule has 138 valence electrons. The van der Waals surface area contributed by atoms with E-state index in [2.05, 4.69) is 10.3 Å². The normalized spacial score (nSPS) is 24.1. The summed E-state index contributed by atoms with van der Waals surface area (Å²) in [5, 5.41) is 3.12. The Hall–Kier alpha value is -1.66. The van der Waals surface area contributed by atoms with E-state index in [1.54, 1.807) is 0 Å². The van der Waals surface area contributed by atoms with Gasteiger partial charge >= 0.3 is 0 Å². The molecular formula is C19H28N2O4. The lowest BCUT2D eigenvalue weighted by Gasteiger charge is -2.29. The zero-order chi connectivity index (χ0) is 17.8. The van der Waals surface area contributed by atoms with Crippen LogP contribution in [0.1, 0.15) is 56.8 Å². The summed E-state index contributed by atoms with van der Waals surface area (Å²) in [6.07, 6.45) is 4.34. The largest absolute Gasteiger partial charge is 0.376 e. The number of ether oxygens (including phenoxy) is 2. The van der Waals surface area contributed by atoms with E-state index in [0.29, 0.717) is 6.61 Å². The van der Waals surface area contributed by atoms with E-state index in [9.17, 15) is 9.59 Å². The Morgan fingerprint density at radius 2 is 2.20 bits per heavy atom. The fourth-order valence-corrected chi connectivity index (χ4v) is 3.66. The SMILES string of the molecule is CC(C)[C@H](OC[C@H]1CCCO1)C(=O)N[C@H]1CCCc2[nH]c(=O)ccc21. The number of fused-ring (bicyclic) bond motifs is 1. The smallest absolute Gasteiger partial charge is 0.249 e. The van der Waals surface area contributed by atoms with Crippen molar-refractivity contribution in [3.8, 4) is 0 Å². The number of aromatic nitrogens is 1. The molecule has 1 aliphatic carbocycles. The molecule has 1 fully saturated rings. The number of carbonyl (C=O) groups is 1. The Balaban J connectivity index is 1.64. The van der Waals surface area contributed by atoms with Crippen molar-refractivity contribution >= 4 is 5.91 Å². The topological polar surface area (TPSA) is 80.4 Å². The molecule has 1 amide bonds. The minimum atomic E-state index is -0.489. The third-order valence-electron chi connectivity index (χ3n) is 5.00. The number of hydrogen-bond donors (Lipinski definition) is 2. The van der Waals surface area contributed by atoms with Gasteiger partial charge in [-0.15, -0.1) is 0 Å². The lowest BCUT2D eigenvalue weighted by atomic mass is 9.91. The van der Waals surface area contributed by atoms with Gasteiger partial charge in [0.2, 0.25) is 11.5 Å². The van der Waals surface area contributed by atoms with Gasteiger partial charge in [-0.2, -0.15) is 0 Å². The first-order chi connectivity index (χ1) is 12.0. The number of aromatic amines is 1. The zero-order valence-electron chi connectivity index (χ0n) is 15.0. The van der Waals surface area contributed by atoms with Crippen molar-refractivity contribution in [3.63, 3.8) is 0 Å². The molecule has 1 aliphatic heterocycles. The van der Waals surface area contributed by atoms with Crippen LogP contribution >= 0.6 is 0 Å². The molecule has 2 heterocycles. The van der Waals surface area contributed by atoms with Gasteiger partial charge in [0.05, 0.1) is 18.8 Å². The highest BCUT2D eigenvalue weighted by atomic mass is 16.5. The highest BCUT2D eigenvalue weighted by molar-refractivity contribution is 5.81. The molecule has 0 bridgehead atoms. The molecule has 0 spiro atoms. The van der Waals surface area contributed by atoms with Crippen LogP contribution in [0.3, 0.4) is 0 Å². The highest BCUT2D eigenvalue weighted by Crippen LogP contribution is 2.28. The predicted molar refractivity (Wildman–Crippen MR) is 94.4 cm³/mol. The van der Waals surface area contributed by atoms with Gasteiger partial charge in [-0.3, -0.25) is 9.59 Å². The molecule has 6 nitrogen and oxygen atoms in total. The van der Waals surface area contributed by atoms with Crippen LogP contribution in [0.4, 0.5) is 0 Å². The molecule has 0 radical (unpaired) electrons. The number of nitrogens with one attached hydrogen (secondary N) is 2. The van der Waals surface area contributed by atoms with Gasteiger partial charge in [0.25, 0.3) is 0 Å². The first-order valence-corrected chi connectivity index (χ1v) is 9.30. The number of rotatable bonds is 6. The first-order valence-electron chi connectivity index (χ1n) is 9.30. The van der Waals surface area contributed by atoms with Crippen LogP contribution in [0.2, 0.25) is 0 Å². The zero-order valence-corrected chi connectivity index (χ0v) is 15.0. The average Bonchev–Trinajstić information content (AvgIpc) is 3.08. The van der Waals surface area contributed by atoms with Gasteiger partial charge in [-0.1, -0.05) is 13.8 Å². The maximum absolute atomic E-state index is 12.8. The van der Waals surface area contributed by atoms with Crippen LogP contribution in [0, 0.1) is 5.92 Å². The summed E-state index contributed by atoms with van der Waals surface area (Å²) in [5.74, 6) is -0.00269. The van der Waals surface area contributed by atoms with E-state index in [1.807, 2.05) is 19.9 Å². The van der Waals surface area contributed by atoms with Crippen LogP contribution in [0.5, 0.6) is 0 Å². The van der Waals surface area contributed by atoms with Gasteiger partial charge < -0.3 is 19.8 Å². The fourth-order valence-electron chi connectivity index (χ4n) is 3.66. The lowest BCUT2D eigenvalue weighted by Crippen LogP contribution is -2.43. The Morgan fingerprint density at radius 1 is 1.36 bits per heavy atom. The minimum Gasteiger partial charge on any atom is -0.376 e. The molecule has 3 rings (SSSR count). The number of pyridine rings is 1. The van der Waals surface area contributed by atoms with Crippen molar-refractivity contribution in [2.75, 3.05) is 13.2 Å². The molecule has 1 saturated heterocycles. The molecule has 6 heteroatoms. The Morgan fingerprint density at radius 3 is 2.92 bits per heavy atom. The summed E-state index contributed by atoms with van der Waals surface area (Å²) >= 11 is 0. The van der Waals surface area contributed by atoms with E-state index in [4.69, 9.17) is 9.47 Å². The quantitative estimate of drug-likeness (QED) is 0.825. The number of H-pyrrole nitrogens is 1. The number of hydrogen-bond acceptors (Lipinski definition) is 4.